The lowest BCUT2D eigenvalue weighted by Crippen LogP contribution is -2.01. The molecule has 11 nitrogen and oxygen atoms in total. The molecule has 12 aromatic rings. The minimum absolute atomic E-state index is 0.252. The van der Waals surface area contributed by atoms with E-state index in [1.807, 2.05) is 230 Å². The van der Waals surface area contributed by atoms with E-state index in [0.29, 0.717) is 94.9 Å². The van der Waals surface area contributed by atoms with E-state index in [4.69, 9.17) is 98.0 Å². The van der Waals surface area contributed by atoms with Crippen LogP contribution in [0.1, 0.15) is 96.0 Å². The molecule has 0 aliphatic carbocycles. The zero-order valence-electron chi connectivity index (χ0n) is 62.2. The van der Waals surface area contributed by atoms with Gasteiger partial charge in [-0.2, -0.15) is 0 Å². The Labute approximate surface area is 718 Å². The first kappa shape index (κ1) is 83.5. The normalized spacial score (nSPS) is 14.9. The third-order valence-corrected chi connectivity index (χ3v) is 26.7. The number of esters is 5. The Kier molecular flexibility index (Phi) is 27.3. The van der Waals surface area contributed by atoms with Gasteiger partial charge in [0.2, 0.25) is 0 Å². The van der Waals surface area contributed by atoms with Crippen LogP contribution in [0.4, 0.5) is 4.39 Å². The Balaban J connectivity index is 0.000000120. The number of aryl methyl sites for hydroxylation is 5. The van der Waals surface area contributed by atoms with Crippen molar-refractivity contribution in [2.45, 2.75) is 41.5 Å². The van der Waals surface area contributed by atoms with Crippen molar-refractivity contribution in [1.82, 2.24) is 0 Å². The topological polar surface area (TPSA) is 141 Å². The number of carbonyl (C=O) groups excluding carboxylic acids is 5. The van der Waals surface area contributed by atoms with Gasteiger partial charge in [-0.3, -0.25) is 0 Å². The fourth-order valence-corrected chi connectivity index (χ4v) is 19.7. The number of halogens is 7. The molecule has 115 heavy (non-hydrogen) atoms. The SMILES string of the molecule is C=C1OCC(c2ccc(Cl)s2)=C1c1ccc(F)cc1.Cc1cccc(C2=C(c3ccc(Cl)s3)COC2=O)c1.Cc1cccc(C2=C(c3ccc(Cl)s3)COC2=O)c1.Cc1cccc(C2=C(c3ccc(Cl)s3)COC2=O)c1C.Cc1ccccc1C1=C(c2ccc(Cl)s2)COC1=O.Cc1ccccc1C1=C(c2ccc(Cl)s2)COC1=O. The Morgan fingerprint density at radius 1 is 0.287 bits per heavy atom. The van der Waals surface area contributed by atoms with E-state index in [-0.39, 0.29) is 35.7 Å². The van der Waals surface area contributed by atoms with Gasteiger partial charge in [0, 0.05) is 68.3 Å². The minimum Gasteiger partial charge on any atom is -0.489 e. The van der Waals surface area contributed by atoms with E-state index in [2.05, 4.69) is 6.58 Å². The second kappa shape index (κ2) is 37.6. The minimum atomic E-state index is -0.259. The van der Waals surface area contributed by atoms with Gasteiger partial charge in [0.05, 0.1) is 53.9 Å². The zero-order valence-corrected chi connectivity index (χ0v) is 71.7. The molecule has 6 aliphatic heterocycles. The standard InChI is InChI=1S/C16H13ClO2S.C15H10ClFOS.4C15H11ClO2S/c1-9-4-3-5-11(10(9)2)15-12(8-19-16(15)18)13-6-7-14(17)20-13;1-9-15(10-2-4-11(17)5-3-10)12(8-18-9)13-6-7-14(16)19-13;2*1-9-3-2-4-10(7-9)14-11(8-18-15(14)17)12-5-6-13(16)19-12;2*1-9-4-2-3-5-10(9)14-11(8-18-15(14)17)12-6-7-13(16)19-12/h3-7H,8H2,1-2H3;2-7H,1,8H2;4*2-7H,8H2,1H3. The van der Waals surface area contributed by atoms with Crippen LogP contribution in [0, 0.1) is 47.4 Å². The highest BCUT2D eigenvalue weighted by Gasteiger charge is 2.34. The second-order valence-corrected chi connectivity index (χ2v) is 36.8. The van der Waals surface area contributed by atoms with Crippen LogP contribution < -0.4 is 0 Å². The summed E-state index contributed by atoms with van der Waals surface area (Å²) in [4.78, 5) is 66.1. The molecule has 0 bridgehead atoms. The van der Waals surface area contributed by atoms with E-state index < -0.39 is 0 Å². The van der Waals surface area contributed by atoms with Gasteiger partial charge in [0.25, 0.3) is 0 Å². The quantitative estimate of drug-likeness (QED) is 0.0852. The number of hydrogen-bond acceptors (Lipinski definition) is 17. The van der Waals surface area contributed by atoms with Gasteiger partial charge in [-0.15, -0.1) is 68.0 Å². The lowest BCUT2D eigenvalue weighted by atomic mass is 9.94. The first-order chi connectivity index (χ1) is 55.3. The molecular formula is C91H67Cl6FO11S6. The largest absolute Gasteiger partial charge is 0.489 e. The van der Waals surface area contributed by atoms with Gasteiger partial charge in [0.1, 0.15) is 51.2 Å². The van der Waals surface area contributed by atoms with E-state index in [1.54, 1.807) is 12.1 Å². The van der Waals surface area contributed by atoms with Crippen molar-refractivity contribution in [1.29, 1.82) is 0 Å². The average Bonchev–Trinajstić information content (AvgIpc) is 1.69. The number of ether oxygens (including phenoxy) is 6. The number of rotatable bonds is 12. The molecule has 12 heterocycles. The molecule has 0 fully saturated rings. The fourth-order valence-electron chi connectivity index (χ4n) is 13.2. The van der Waals surface area contributed by atoms with Gasteiger partial charge in [0.15, 0.2) is 0 Å². The summed E-state index contributed by atoms with van der Waals surface area (Å²) in [5.41, 5.74) is 22.1. The highest BCUT2D eigenvalue weighted by molar-refractivity contribution is 7.19. The van der Waals surface area contributed by atoms with Gasteiger partial charge in [-0.1, -0.05) is 215 Å². The lowest BCUT2D eigenvalue weighted by molar-refractivity contribution is -0.134. The highest BCUT2D eigenvalue weighted by atomic mass is 35.5. The molecule has 0 spiro atoms. The third-order valence-electron chi connectivity index (χ3n) is 18.9. The molecule has 24 heteroatoms. The smallest absolute Gasteiger partial charge is 0.339 e. The second-order valence-electron chi connectivity index (χ2n) is 26.5. The maximum atomic E-state index is 13.0. The summed E-state index contributed by atoms with van der Waals surface area (Å²) in [6, 6.07) is 66.5. The number of hydrogen-bond donors (Lipinski definition) is 0. The first-order valence-electron chi connectivity index (χ1n) is 35.6. The number of benzene rings is 6. The Morgan fingerprint density at radius 3 is 0.887 bits per heavy atom. The van der Waals surface area contributed by atoms with E-state index in [1.165, 1.54) is 85.7 Å². The van der Waals surface area contributed by atoms with Crippen molar-refractivity contribution in [2.75, 3.05) is 39.6 Å². The zero-order chi connectivity index (χ0) is 81.3. The van der Waals surface area contributed by atoms with Crippen molar-refractivity contribution in [3.63, 3.8) is 0 Å². The molecule has 0 atom stereocenters. The maximum Gasteiger partial charge on any atom is 0.339 e. The molecule has 582 valence electrons. The Morgan fingerprint density at radius 2 is 0.565 bits per heavy atom. The van der Waals surface area contributed by atoms with Crippen LogP contribution >= 0.6 is 138 Å². The van der Waals surface area contributed by atoms with Crippen LogP contribution in [0.25, 0.3) is 66.9 Å². The molecule has 6 aromatic heterocycles. The predicted molar refractivity (Wildman–Crippen MR) is 474 cm³/mol. The number of carbonyl (C=O) groups is 5. The van der Waals surface area contributed by atoms with Crippen molar-refractivity contribution in [2.24, 2.45) is 0 Å². The summed E-state index contributed by atoms with van der Waals surface area (Å²) in [6.45, 7) is 18.1. The molecule has 0 saturated heterocycles. The molecule has 6 aromatic carbocycles. The van der Waals surface area contributed by atoms with Gasteiger partial charge in [-0.05, 0) is 182 Å². The van der Waals surface area contributed by atoms with Gasteiger partial charge >= 0.3 is 29.8 Å². The third kappa shape index (κ3) is 19.6. The summed E-state index contributed by atoms with van der Waals surface area (Å²) < 4.78 is 48.9. The summed E-state index contributed by atoms with van der Waals surface area (Å²) in [7, 11) is 0. The molecule has 0 amide bonds. The van der Waals surface area contributed by atoms with Crippen LogP contribution in [0.3, 0.4) is 0 Å². The van der Waals surface area contributed by atoms with Gasteiger partial charge in [-0.25, -0.2) is 28.4 Å². The molecular weight excluding hydrogens is 1690 g/mol. The molecule has 0 N–H and O–H groups in total. The predicted octanol–water partition coefficient (Wildman–Crippen LogP) is 26.2. The average molecular weight is 1760 g/mol. The molecule has 0 unspecified atom stereocenters. The van der Waals surface area contributed by atoms with Crippen LogP contribution in [-0.2, 0) is 52.4 Å². The van der Waals surface area contributed by atoms with E-state index in [9.17, 15) is 28.4 Å². The van der Waals surface area contributed by atoms with Gasteiger partial charge < -0.3 is 28.4 Å². The molecule has 0 saturated carbocycles. The lowest BCUT2D eigenvalue weighted by Gasteiger charge is -2.09. The van der Waals surface area contributed by atoms with Crippen molar-refractivity contribution < 1.29 is 56.8 Å². The monoisotopic (exact) mass is 1760 g/mol. The fraction of sp³-hybridized carbons (Fsp3) is 0.132. The summed E-state index contributed by atoms with van der Waals surface area (Å²) >= 11 is 44.7. The van der Waals surface area contributed by atoms with Crippen LogP contribution in [-0.4, -0.2) is 69.5 Å². The Hall–Kier alpha value is -9.48. The number of allylic oxidation sites excluding steroid dienone is 1. The van der Waals surface area contributed by atoms with Crippen molar-refractivity contribution >= 4 is 234 Å². The van der Waals surface area contributed by atoms with E-state index >= 15 is 0 Å². The summed E-state index contributed by atoms with van der Waals surface area (Å²) in [5, 5.41) is 0. The van der Waals surface area contributed by atoms with Crippen LogP contribution in [0.5, 0.6) is 0 Å². The van der Waals surface area contributed by atoms with Crippen molar-refractivity contribution in [3.8, 4) is 0 Å². The maximum absolute atomic E-state index is 13.0. The molecule has 6 aliphatic rings. The van der Waals surface area contributed by atoms with Crippen LogP contribution in [0.2, 0.25) is 26.0 Å². The van der Waals surface area contributed by atoms with Crippen molar-refractivity contribution in [3.05, 3.63) is 353 Å². The number of cyclic esters (lactones) is 5. The Bertz CT molecular complexity index is 5770. The highest BCUT2D eigenvalue weighted by Crippen LogP contribution is 2.46. The molecule has 0 radical (unpaired) electrons. The molecule has 18 rings (SSSR count). The summed E-state index contributed by atoms with van der Waals surface area (Å²) in [5.74, 6) is -0.920. The van der Waals surface area contributed by atoms with Crippen LogP contribution in [0.15, 0.2) is 225 Å². The first-order valence-corrected chi connectivity index (χ1v) is 42.7. The number of thiophene rings is 6. The summed E-state index contributed by atoms with van der Waals surface area (Å²) in [6.07, 6.45) is 0. The van der Waals surface area contributed by atoms with E-state index in [0.717, 1.165) is 134 Å².